The molecule has 0 saturated heterocycles. The van der Waals surface area contributed by atoms with Gasteiger partial charge in [0.05, 0.1) is 0 Å². The van der Waals surface area contributed by atoms with E-state index in [0.29, 0.717) is 11.0 Å². The Kier molecular flexibility index (Phi) is 4.90. The molecule has 0 aliphatic carbocycles. The predicted octanol–water partition coefficient (Wildman–Crippen LogP) is 3.82. The normalized spacial score (nSPS) is 13.8. The van der Waals surface area contributed by atoms with Gasteiger partial charge in [0.2, 0.25) is 0 Å². The lowest BCUT2D eigenvalue weighted by atomic mass is 9.88. The summed E-state index contributed by atoms with van der Waals surface area (Å²) in [6, 6.07) is 1.82. The molecule has 0 aromatic carbocycles. The van der Waals surface area contributed by atoms with Gasteiger partial charge < -0.3 is 4.74 Å². The van der Waals surface area contributed by atoms with E-state index < -0.39 is 0 Å². The van der Waals surface area contributed by atoms with Crippen molar-refractivity contribution >= 4 is 11.6 Å². The zero-order valence-corrected chi connectivity index (χ0v) is 12.0. The molecule has 0 N–H and O–H groups in total. The first kappa shape index (κ1) is 14.4. The molecule has 0 bridgehead atoms. The van der Waals surface area contributed by atoms with Crippen LogP contribution in [0.4, 0.5) is 0 Å². The molecule has 1 atom stereocenters. The fourth-order valence-corrected chi connectivity index (χ4v) is 2.04. The van der Waals surface area contributed by atoms with Crippen LogP contribution in [0.15, 0.2) is 6.07 Å². The van der Waals surface area contributed by atoms with Crippen molar-refractivity contribution in [1.29, 1.82) is 0 Å². The quantitative estimate of drug-likeness (QED) is 0.769. The molecule has 0 saturated carbocycles. The molecule has 17 heavy (non-hydrogen) atoms. The van der Waals surface area contributed by atoms with Crippen molar-refractivity contribution in [3.63, 3.8) is 0 Å². The van der Waals surface area contributed by atoms with E-state index in [9.17, 15) is 0 Å². The number of methoxy groups -OCH3 is 1. The van der Waals surface area contributed by atoms with Crippen molar-refractivity contribution < 1.29 is 4.74 Å². The summed E-state index contributed by atoms with van der Waals surface area (Å²) in [5.74, 6) is 0.677. The van der Waals surface area contributed by atoms with Gasteiger partial charge in [0, 0.05) is 12.8 Å². The zero-order valence-electron chi connectivity index (χ0n) is 11.2. The summed E-state index contributed by atoms with van der Waals surface area (Å²) in [7, 11) is 1.68. The Labute approximate surface area is 109 Å². The van der Waals surface area contributed by atoms with Crippen molar-refractivity contribution in [2.75, 3.05) is 7.11 Å². The van der Waals surface area contributed by atoms with Gasteiger partial charge in [-0.2, -0.15) is 0 Å². The highest BCUT2D eigenvalue weighted by Gasteiger charge is 2.29. The third kappa shape index (κ3) is 3.93. The van der Waals surface area contributed by atoms with Gasteiger partial charge in [-0.15, -0.1) is 0 Å². The van der Waals surface area contributed by atoms with Crippen LogP contribution in [0.1, 0.15) is 51.7 Å². The Morgan fingerprint density at radius 3 is 2.47 bits per heavy atom. The summed E-state index contributed by atoms with van der Waals surface area (Å²) >= 11 is 6.03. The van der Waals surface area contributed by atoms with Gasteiger partial charge in [-0.05, 0) is 17.9 Å². The van der Waals surface area contributed by atoms with Gasteiger partial charge in [0.15, 0.2) is 5.82 Å². The van der Waals surface area contributed by atoms with E-state index in [4.69, 9.17) is 16.3 Å². The molecule has 1 aromatic heterocycles. The second-order valence-electron chi connectivity index (χ2n) is 5.27. The SMILES string of the molecule is CCCc1cc(Cl)nc(C(OC)C(C)(C)C)n1. The molecule has 1 rings (SSSR count). The Hall–Kier alpha value is -0.670. The number of aryl methyl sites for hydroxylation is 1. The van der Waals surface area contributed by atoms with Crippen LogP contribution in [-0.4, -0.2) is 17.1 Å². The summed E-state index contributed by atoms with van der Waals surface area (Å²) in [6.07, 6.45) is 1.81. The minimum Gasteiger partial charge on any atom is -0.373 e. The van der Waals surface area contributed by atoms with Crippen LogP contribution in [0.3, 0.4) is 0 Å². The number of hydrogen-bond donors (Lipinski definition) is 0. The van der Waals surface area contributed by atoms with Gasteiger partial charge in [-0.25, -0.2) is 9.97 Å². The first-order valence-corrected chi connectivity index (χ1v) is 6.32. The molecule has 0 amide bonds. The highest BCUT2D eigenvalue weighted by Crippen LogP contribution is 2.34. The lowest BCUT2D eigenvalue weighted by Crippen LogP contribution is -2.23. The largest absolute Gasteiger partial charge is 0.373 e. The van der Waals surface area contributed by atoms with E-state index in [0.717, 1.165) is 18.5 Å². The molecule has 0 aliphatic heterocycles. The van der Waals surface area contributed by atoms with Gasteiger partial charge in [-0.3, -0.25) is 0 Å². The van der Waals surface area contributed by atoms with Crippen LogP contribution >= 0.6 is 11.6 Å². The molecule has 1 heterocycles. The van der Waals surface area contributed by atoms with Crippen LogP contribution in [0.2, 0.25) is 5.15 Å². The molecular formula is C13H21ClN2O. The van der Waals surface area contributed by atoms with Crippen molar-refractivity contribution in [3.8, 4) is 0 Å². The van der Waals surface area contributed by atoms with Gasteiger partial charge in [0.1, 0.15) is 11.3 Å². The fourth-order valence-electron chi connectivity index (χ4n) is 1.83. The number of nitrogens with zero attached hydrogens (tertiary/aromatic N) is 2. The van der Waals surface area contributed by atoms with Crippen molar-refractivity contribution in [1.82, 2.24) is 9.97 Å². The highest BCUT2D eigenvalue weighted by molar-refractivity contribution is 6.29. The predicted molar refractivity (Wildman–Crippen MR) is 70.2 cm³/mol. The number of aromatic nitrogens is 2. The minimum atomic E-state index is -0.142. The van der Waals surface area contributed by atoms with E-state index >= 15 is 0 Å². The minimum absolute atomic E-state index is 0.0527. The smallest absolute Gasteiger partial charge is 0.159 e. The summed E-state index contributed by atoms with van der Waals surface area (Å²) < 4.78 is 5.51. The van der Waals surface area contributed by atoms with Crippen LogP contribution in [0, 0.1) is 5.41 Å². The lowest BCUT2D eigenvalue weighted by Gasteiger charge is -2.28. The first-order chi connectivity index (χ1) is 7.88. The maximum absolute atomic E-state index is 6.03. The number of halogens is 1. The second kappa shape index (κ2) is 5.78. The Morgan fingerprint density at radius 1 is 1.35 bits per heavy atom. The molecule has 1 unspecified atom stereocenters. The molecule has 0 radical (unpaired) electrons. The number of rotatable bonds is 4. The van der Waals surface area contributed by atoms with E-state index in [-0.39, 0.29) is 11.5 Å². The standard InChI is InChI=1S/C13H21ClN2O/c1-6-7-9-8-10(14)16-12(15-9)11(17-5)13(2,3)4/h8,11H,6-7H2,1-5H3. The third-order valence-electron chi connectivity index (χ3n) is 2.53. The summed E-state index contributed by atoms with van der Waals surface area (Å²) in [5.41, 5.74) is 0.928. The molecule has 96 valence electrons. The maximum Gasteiger partial charge on any atom is 0.159 e. The molecule has 0 fully saturated rings. The third-order valence-corrected chi connectivity index (χ3v) is 2.72. The molecule has 4 heteroatoms. The first-order valence-electron chi connectivity index (χ1n) is 5.94. The molecule has 0 spiro atoms. The van der Waals surface area contributed by atoms with E-state index in [1.54, 1.807) is 7.11 Å². The van der Waals surface area contributed by atoms with E-state index in [2.05, 4.69) is 37.7 Å². The van der Waals surface area contributed by atoms with Crippen molar-refractivity contribution in [2.45, 2.75) is 46.6 Å². The van der Waals surface area contributed by atoms with Crippen LogP contribution < -0.4 is 0 Å². The van der Waals surface area contributed by atoms with Crippen LogP contribution in [0.25, 0.3) is 0 Å². The average Bonchev–Trinajstić information content (AvgIpc) is 2.15. The molecule has 1 aromatic rings. The number of hydrogen-bond acceptors (Lipinski definition) is 3. The second-order valence-corrected chi connectivity index (χ2v) is 5.66. The Balaban J connectivity index is 3.11. The summed E-state index contributed by atoms with van der Waals surface area (Å²) in [6.45, 7) is 8.42. The molecule has 3 nitrogen and oxygen atoms in total. The molecule has 0 aliphatic rings. The van der Waals surface area contributed by atoms with Crippen molar-refractivity contribution in [3.05, 3.63) is 22.7 Å². The van der Waals surface area contributed by atoms with Gasteiger partial charge >= 0.3 is 0 Å². The van der Waals surface area contributed by atoms with Gasteiger partial charge in [-0.1, -0.05) is 45.7 Å². The Bertz CT molecular complexity index is 374. The van der Waals surface area contributed by atoms with E-state index in [1.807, 2.05) is 6.07 Å². The number of ether oxygens (including phenoxy) is 1. The summed E-state index contributed by atoms with van der Waals surface area (Å²) in [5, 5.41) is 0.491. The fraction of sp³-hybridized carbons (Fsp3) is 0.692. The lowest BCUT2D eigenvalue weighted by molar-refractivity contribution is 0.00851. The monoisotopic (exact) mass is 256 g/mol. The van der Waals surface area contributed by atoms with Crippen LogP contribution in [0.5, 0.6) is 0 Å². The average molecular weight is 257 g/mol. The van der Waals surface area contributed by atoms with E-state index in [1.165, 1.54) is 0 Å². The Morgan fingerprint density at radius 2 is 2.00 bits per heavy atom. The molecular weight excluding hydrogens is 236 g/mol. The zero-order chi connectivity index (χ0) is 13.1. The van der Waals surface area contributed by atoms with Crippen molar-refractivity contribution in [2.24, 2.45) is 5.41 Å². The highest BCUT2D eigenvalue weighted by atomic mass is 35.5. The topological polar surface area (TPSA) is 35.0 Å². The maximum atomic E-state index is 6.03. The van der Waals surface area contributed by atoms with Gasteiger partial charge in [0.25, 0.3) is 0 Å². The summed E-state index contributed by atoms with van der Waals surface area (Å²) in [4.78, 5) is 8.82. The van der Waals surface area contributed by atoms with Crippen LogP contribution in [-0.2, 0) is 11.2 Å².